The maximum atomic E-state index is 12.6. The van der Waals surface area contributed by atoms with Gasteiger partial charge in [-0.1, -0.05) is 18.2 Å². The number of hydrogen-bond acceptors (Lipinski definition) is 5. The van der Waals surface area contributed by atoms with Crippen LogP contribution in [0, 0.1) is 0 Å². The van der Waals surface area contributed by atoms with E-state index < -0.39 is 22.0 Å². The van der Waals surface area contributed by atoms with Gasteiger partial charge in [0.1, 0.15) is 5.76 Å². The van der Waals surface area contributed by atoms with Gasteiger partial charge in [0.2, 0.25) is 0 Å². The summed E-state index contributed by atoms with van der Waals surface area (Å²) >= 11 is 0. The number of benzene rings is 1. The van der Waals surface area contributed by atoms with Crippen molar-refractivity contribution in [1.82, 2.24) is 4.90 Å². The minimum absolute atomic E-state index is 0.103. The van der Waals surface area contributed by atoms with Crippen LogP contribution in [0.4, 0.5) is 13.2 Å². The molecule has 146 valence electrons. The van der Waals surface area contributed by atoms with Gasteiger partial charge < -0.3 is 9.52 Å². The standard InChI is InChI=1S/C15H15NO3S.C2HF3O2/c17-20(18)14-6-2-1-5-12(14)13-9-16(10-15(13)20)8-11-4-3-7-19-11;3-2(4,5)1(6)7/h1-7,13,15H,8-10H2;(H,6,7). The minimum atomic E-state index is -5.08. The lowest BCUT2D eigenvalue weighted by atomic mass is 9.99. The molecule has 0 saturated carbocycles. The van der Waals surface area contributed by atoms with E-state index in [2.05, 4.69) is 4.90 Å². The van der Waals surface area contributed by atoms with E-state index in [-0.39, 0.29) is 11.2 Å². The Morgan fingerprint density at radius 1 is 1.19 bits per heavy atom. The summed E-state index contributed by atoms with van der Waals surface area (Å²) in [6.45, 7) is 2.04. The number of halogens is 3. The molecule has 27 heavy (non-hydrogen) atoms. The number of rotatable bonds is 2. The van der Waals surface area contributed by atoms with Crippen molar-refractivity contribution in [1.29, 1.82) is 0 Å². The number of alkyl halides is 3. The van der Waals surface area contributed by atoms with Gasteiger partial charge in [0.15, 0.2) is 9.84 Å². The van der Waals surface area contributed by atoms with E-state index in [1.165, 1.54) is 0 Å². The zero-order valence-electron chi connectivity index (χ0n) is 13.9. The van der Waals surface area contributed by atoms with Crippen LogP contribution in [0.15, 0.2) is 52.0 Å². The van der Waals surface area contributed by atoms with E-state index in [0.29, 0.717) is 18.0 Å². The summed E-state index contributed by atoms with van der Waals surface area (Å²) in [6.07, 6.45) is -3.43. The molecule has 0 amide bonds. The highest BCUT2D eigenvalue weighted by atomic mass is 32.2. The number of hydrogen-bond donors (Lipinski definition) is 1. The molecule has 1 aromatic heterocycles. The fourth-order valence-electron chi connectivity index (χ4n) is 3.43. The Morgan fingerprint density at radius 3 is 2.44 bits per heavy atom. The van der Waals surface area contributed by atoms with Crippen molar-refractivity contribution >= 4 is 15.8 Å². The number of nitrogens with zero attached hydrogens (tertiary/aromatic N) is 1. The molecular weight excluding hydrogens is 387 g/mol. The summed E-state index contributed by atoms with van der Waals surface area (Å²) in [5.74, 6) is -1.77. The molecule has 0 radical (unpaired) electrons. The van der Waals surface area contributed by atoms with Gasteiger partial charge in [0.25, 0.3) is 0 Å². The van der Waals surface area contributed by atoms with Gasteiger partial charge in [-0.15, -0.1) is 0 Å². The molecule has 2 aliphatic rings. The summed E-state index contributed by atoms with van der Waals surface area (Å²) in [6, 6.07) is 11.2. The quantitative estimate of drug-likeness (QED) is 0.830. The zero-order valence-corrected chi connectivity index (χ0v) is 14.7. The van der Waals surface area contributed by atoms with Crippen LogP contribution in [0.3, 0.4) is 0 Å². The van der Waals surface area contributed by atoms with E-state index >= 15 is 0 Å². The fraction of sp³-hybridized carbons (Fsp3) is 0.353. The molecule has 2 atom stereocenters. The molecule has 10 heteroatoms. The summed E-state index contributed by atoms with van der Waals surface area (Å²) < 4.78 is 62.2. The number of carboxylic acids is 1. The Morgan fingerprint density at radius 2 is 1.85 bits per heavy atom. The second-order valence-electron chi connectivity index (χ2n) is 6.30. The molecule has 4 rings (SSSR count). The van der Waals surface area contributed by atoms with E-state index in [9.17, 15) is 21.6 Å². The monoisotopic (exact) mass is 403 g/mol. The van der Waals surface area contributed by atoms with E-state index in [1.807, 2.05) is 24.3 Å². The van der Waals surface area contributed by atoms with Crippen molar-refractivity contribution in [3.8, 4) is 0 Å². The maximum absolute atomic E-state index is 12.6. The molecule has 0 aliphatic carbocycles. The van der Waals surface area contributed by atoms with Gasteiger partial charge in [-0.25, -0.2) is 13.2 Å². The predicted molar refractivity (Wildman–Crippen MR) is 87.8 cm³/mol. The summed E-state index contributed by atoms with van der Waals surface area (Å²) in [5.41, 5.74) is 0.986. The second-order valence-corrected chi connectivity index (χ2v) is 8.44. The molecule has 2 unspecified atom stereocenters. The third-order valence-corrected chi connectivity index (χ3v) is 6.83. The molecule has 1 saturated heterocycles. The number of aliphatic carboxylic acids is 1. The van der Waals surface area contributed by atoms with Crippen LogP contribution in [0.25, 0.3) is 0 Å². The van der Waals surface area contributed by atoms with Crippen LogP contribution in [-0.4, -0.2) is 48.9 Å². The van der Waals surface area contributed by atoms with Crippen molar-refractivity contribution in [3.63, 3.8) is 0 Å². The van der Waals surface area contributed by atoms with Crippen LogP contribution in [0.1, 0.15) is 17.2 Å². The number of furan rings is 1. The van der Waals surface area contributed by atoms with Crippen molar-refractivity contribution in [2.45, 2.75) is 28.8 Å². The molecule has 6 nitrogen and oxygen atoms in total. The SMILES string of the molecule is O=C(O)C(F)(F)F.O=S1(=O)c2ccccc2C2CN(Cc3ccco3)CC21. The smallest absolute Gasteiger partial charge is 0.475 e. The van der Waals surface area contributed by atoms with Gasteiger partial charge in [-0.3, -0.25) is 4.90 Å². The normalized spacial score (nSPS) is 23.2. The highest BCUT2D eigenvalue weighted by Gasteiger charge is 2.49. The minimum Gasteiger partial charge on any atom is -0.475 e. The number of carbonyl (C=O) groups is 1. The highest BCUT2D eigenvalue weighted by molar-refractivity contribution is 7.92. The Balaban J connectivity index is 0.000000260. The Hall–Kier alpha value is -2.33. The zero-order chi connectivity index (χ0) is 19.8. The summed E-state index contributed by atoms with van der Waals surface area (Å²) in [5, 5.41) is 6.83. The first-order valence-corrected chi connectivity index (χ1v) is 9.53. The number of likely N-dealkylation sites (tertiary alicyclic amines) is 1. The van der Waals surface area contributed by atoms with Gasteiger partial charge in [0, 0.05) is 19.0 Å². The number of carboxylic acid groups (broad SMARTS) is 1. The molecule has 0 bridgehead atoms. The summed E-state index contributed by atoms with van der Waals surface area (Å²) in [4.78, 5) is 11.6. The average Bonchev–Trinajstić information content (AvgIpc) is 3.28. The lowest BCUT2D eigenvalue weighted by molar-refractivity contribution is -0.192. The highest BCUT2D eigenvalue weighted by Crippen LogP contribution is 2.44. The third kappa shape index (κ3) is 3.86. The van der Waals surface area contributed by atoms with Gasteiger partial charge >= 0.3 is 12.1 Å². The molecule has 1 fully saturated rings. The van der Waals surface area contributed by atoms with Crippen molar-refractivity contribution < 1.29 is 35.9 Å². The Kier molecular flexibility index (Phi) is 5.04. The van der Waals surface area contributed by atoms with Crippen LogP contribution in [-0.2, 0) is 21.2 Å². The molecule has 1 aromatic carbocycles. The van der Waals surface area contributed by atoms with E-state index in [1.54, 1.807) is 18.4 Å². The summed E-state index contributed by atoms with van der Waals surface area (Å²) in [7, 11) is -3.17. The second kappa shape index (κ2) is 7.01. The predicted octanol–water partition coefficient (Wildman–Crippen LogP) is 2.67. The van der Waals surface area contributed by atoms with E-state index in [4.69, 9.17) is 14.3 Å². The topological polar surface area (TPSA) is 87.8 Å². The molecular formula is C17H16F3NO5S. The molecule has 0 spiro atoms. The van der Waals surface area contributed by atoms with Crippen molar-refractivity contribution in [3.05, 3.63) is 54.0 Å². The van der Waals surface area contributed by atoms with Gasteiger partial charge in [-0.05, 0) is 23.8 Å². The molecule has 2 aromatic rings. The van der Waals surface area contributed by atoms with Gasteiger partial charge in [0.05, 0.1) is 23.0 Å². The van der Waals surface area contributed by atoms with Crippen LogP contribution in [0.5, 0.6) is 0 Å². The lowest BCUT2D eigenvalue weighted by Crippen LogP contribution is -2.25. The Bertz CT molecular complexity index is 924. The number of sulfone groups is 1. The lowest BCUT2D eigenvalue weighted by Gasteiger charge is -2.15. The van der Waals surface area contributed by atoms with Crippen molar-refractivity contribution in [2.75, 3.05) is 13.1 Å². The van der Waals surface area contributed by atoms with Crippen LogP contribution < -0.4 is 0 Å². The first-order valence-electron chi connectivity index (χ1n) is 7.98. The molecule has 2 aliphatic heterocycles. The van der Waals surface area contributed by atoms with Crippen molar-refractivity contribution in [2.24, 2.45) is 0 Å². The molecule has 1 N–H and O–H groups in total. The largest absolute Gasteiger partial charge is 0.490 e. The third-order valence-electron chi connectivity index (χ3n) is 4.57. The maximum Gasteiger partial charge on any atom is 0.490 e. The first-order chi connectivity index (χ1) is 12.6. The number of fused-ring (bicyclic) bond motifs is 3. The van der Waals surface area contributed by atoms with Gasteiger partial charge in [-0.2, -0.15) is 13.2 Å². The fourth-order valence-corrected chi connectivity index (χ4v) is 5.64. The van der Waals surface area contributed by atoms with Crippen LogP contribution >= 0.6 is 0 Å². The Labute approximate surface area is 153 Å². The molecule has 3 heterocycles. The van der Waals surface area contributed by atoms with E-state index in [0.717, 1.165) is 17.9 Å². The average molecular weight is 403 g/mol. The first kappa shape index (κ1) is 19.4. The van der Waals surface area contributed by atoms with Crippen LogP contribution in [0.2, 0.25) is 0 Å².